The van der Waals surface area contributed by atoms with E-state index in [0.29, 0.717) is 9.88 Å². The third kappa shape index (κ3) is 4.19. The van der Waals surface area contributed by atoms with E-state index in [4.69, 9.17) is 4.74 Å². The number of methoxy groups -OCH3 is 1. The Hall–Kier alpha value is -2.80. The van der Waals surface area contributed by atoms with Crippen LogP contribution in [0.5, 0.6) is 5.75 Å². The molecule has 4 aromatic rings. The Labute approximate surface area is 192 Å². The van der Waals surface area contributed by atoms with E-state index in [2.05, 4.69) is 34.8 Å². The molecule has 0 bridgehead atoms. The molecule has 0 aliphatic rings. The minimum absolute atomic E-state index is 0.224. The molecule has 0 saturated carbocycles. The largest absolute Gasteiger partial charge is 0.497 e. The molecule has 0 spiro atoms. The van der Waals surface area contributed by atoms with E-state index in [1.54, 1.807) is 18.4 Å². The highest BCUT2D eigenvalue weighted by molar-refractivity contribution is 7.29. The van der Waals surface area contributed by atoms with E-state index in [1.165, 1.54) is 22.7 Å². The summed E-state index contributed by atoms with van der Waals surface area (Å²) in [7, 11) is 1.62. The molecule has 0 amide bonds. The van der Waals surface area contributed by atoms with Crippen molar-refractivity contribution in [3.8, 4) is 23.1 Å². The number of ketones is 1. The van der Waals surface area contributed by atoms with E-state index < -0.39 is 5.92 Å². The summed E-state index contributed by atoms with van der Waals surface area (Å²) in [5, 5.41) is 13.1. The van der Waals surface area contributed by atoms with Gasteiger partial charge in [-0.3, -0.25) is 4.79 Å². The molecule has 158 valence electrons. The summed E-state index contributed by atoms with van der Waals surface area (Å²) in [5.41, 5.74) is 1.66. The average Bonchev–Trinajstić information content (AvgIpc) is 3.51. The Morgan fingerprint density at radius 3 is 2.55 bits per heavy atom. The molecule has 0 radical (unpaired) electrons. The quantitative estimate of drug-likeness (QED) is 0.303. The zero-order valence-electron chi connectivity index (χ0n) is 17.3. The first-order chi connectivity index (χ1) is 15.1. The molecule has 4 rings (SSSR count). The highest BCUT2D eigenvalue weighted by Gasteiger charge is 2.27. The van der Waals surface area contributed by atoms with Crippen LogP contribution < -0.4 is 9.64 Å². The molecule has 1 aromatic carbocycles. The van der Waals surface area contributed by atoms with Crippen molar-refractivity contribution in [2.75, 3.05) is 25.1 Å². The van der Waals surface area contributed by atoms with E-state index in [-0.39, 0.29) is 5.78 Å². The number of carbonyl (C=O) groups excluding carboxylic acids is 1. The highest BCUT2D eigenvalue weighted by Crippen LogP contribution is 2.37. The third-order valence-electron chi connectivity index (χ3n) is 4.90. The number of hydrogen-bond acceptors (Lipinski definition) is 9. The van der Waals surface area contributed by atoms with Crippen LogP contribution in [0.4, 0.5) is 5.13 Å². The first kappa shape index (κ1) is 21.4. The van der Waals surface area contributed by atoms with Gasteiger partial charge in [-0.15, -0.1) is 22.7 Å². The normalized spacial score (nSPS) is 11.9. The Morgan fingerprint density at radius 2 is 1.94 bits per heavy atom. The molecule has 3 heterocycles. The van der Waals surface area contributed by atoms with Crippen LogP contribution in [0.3, 0.4) is 0 Å². The van der Waals surface area contributed by atoms with Crippen LogP contribution in [-0.4, -0.2) is 36.0 Å². The van der Waals surface area contributed by atoms with Gasteiger partial charge < -0.3 is 9.64 Å². The second kappa shape index (κ2) is 9.14. The van der Waals surface area contributed by atoms with Crippen molar-refractivity contribution in [3.05, 3.63) is 45.6 Å². The van der Waals surface area contributed by atoms with E-state index in [1.807, 2.05) is 35.7 Å². The van der Waals surface area contributed by atoms with Crippen LogP contribution in [0, 0.1) is 11.3 Å². The van der Waals surface area contributed by atoms with E-state index in [0.717, 1.165) is 44.8 Å². The van der Waals surface area contributed by atoms with Crippen molar-refractivity contribution in [2.45, 2.75) is 19.8 Å². The maximum atomic E-state index is 13.1. The summed E-state index contributed by atoms with van der Waals surface area (Å²) >= 11 is 4.25. The Bertz CT molecular complexity index is 1210. The van der Waals surface area contributed by atoms with Gasteiger partial charge in [0, 0.05) is 24.0 Å². The van der Waals surface area contributed by atoms with Crippen molar-refractivity contribution in [2.24, 2.45) is 0 Å². The monoisotopic (exact) mass is 468 g/mol. The lowest BCUT2D eigenvalue weighted by Crippen LogP contribution is -2.21. The Balaban J connectivity index is 1.58. The van der Waals surface area contributed by atoms with Crippen molar-refractivity contribution < 1.29 is 9.53 Å². The second-order valence-corrected chi connectivity index (χ2v) is 9.60. The van der Waals surface area contributed by atoms with Gasteiger partial charge in [-0.1, -0.05) is 11.3 Å². The van der Waals surface area contributed by atoms with Gasteiger partial charge in [0.15, 0.2) is 16.8 Å². The number of fused-ring (bicyclic) bond motifs is 1. The molecule has 1 unspecified atom stereocenters. The van der Waals surface area contributed by atoms with Crippen molar-refractivity contribution >= 4 is 54.5 Å². The number of nitrogens with zero attached hydrogens (tertiary/aromatic N) is 4. The van der Waals surface area contributed by atoms with Gasteiger partial charge in [0.2, 0.25) is 0 Å². The first-order valence-corrected chi connectivity index (χ1v) is 12.3. The number of aromatic nitrogens is 2. The fourth-order valence-corrected chi connectivity index (χ4v) is 6.33. The smallest absolute Gasteiger partial charge is 0.196 e. The van der Waals surface area contributed by atoms with Crippen LogP contribution in [0.2, 0.25) is 0 Å². The van der Waals surface area contributed by atoms with E-state index >= 15 is 0 Å². The standard InChI is InChI=1S/C22H20N4O2S3/c1-4-26(5-2)22-25-21-18(31-22)10-17(30-21)19(27)15(11-23)20-24-16(12-29-20)13-6-8-14(28-3)9-7-13/h6-10,12,15H,4-5H2,1-3H3. The van der Waals surface area contributed by atoms with Gasteiger partial charge in [-0.05, 0) is 44.2 Å². The third-order valence-corrected chi connectivity index (χ3v) is 8.05. The number of carbonyl (C=O) groups is 1. The molecule has 0 saturated heterocycles. The molecule has 0 N–H and O–H groups in total. The first-order valence-electron chi connectivity index (χ1n) is 9.76. The number of ether oxygens (including phenoxy) is 1. The fraction of sp³-hybridized carbons (Fsp3) is 0.273. The molecule has 3 aromatic heterocycles. The molecule has 1 atom stereocenters. The van der Waals surface area contributed by atoms with Gasteiger partial charge in [-0.25, -0.2) is 9.97 Å². The van der Waals surface area contributed by atoms with Crippen molar-refractivity contribution in [3.63, 3.8) is 0 Å². The minimum atomic E-state index is -0.924. The van der Waals surface area contributed by atoms with Crippen molar-refractivity contribution in [1.82, 2.24) is 9.97 Å². The van der Waals surface area contributed by atoms with Crippen LogP contribution in [0.1, 0.15) is 34.4 Å². The molecular formula is C22H20N4O2S3. The predicted molar refractivity (Wildman–Crippen MR) is 128 cm³/mol. The molecule has 0 aliphatic carbocycles. The van der Waals surface area contributed by atoms with Gasteiger partial charge >= 0.3 is 0 Å². The summed E-state index contributed by atoms with van der Waals surface area (Å²) < 4.78 is 6.16. The predicted octanol–water partition coefficient (Wildman–Crippen LogP) is 5.83. The van der Waals surface area contributed by atoms with Gasteiger partial charge in [-0.2, -0.15) is 5.26 Å². The van der Waals surface area contributed by atoms with E-state index in [9.17, 15) is 10.1 Å². The zero-order valence-corrected chi connectivity index (χ0v) is 19.7. The summed E-state index contributed by atoms with van der Waals surface area (Å²) in [6.07, 6.45) is 0. The summed E-state index contributed by atoms with van der Waals surface area (Å²) in [6.45, 7) is 5.97. The SMILES string of the molecule is CCN(CC)c1nc2sc(C(=O)C(C#N)c3nc(-c4ccc(OC)cc4)cs3)cc2s1. The number of rotatable bonds is 8. The molecule has 31 heavy (non-hydrogen) atoms. The Kier molecular flexibility index (Phi) is 6.32. The molecule has 9 heteroatoms. The van der Waals surface area contributed by atoms with Crippen LogP contribution in [-0.2, 0) is 0 Å². The van der Waals surface area contributed by atoms with Gasteiger partial charge in [0.1, 0.15) is 15.6 Å². The average molecular weight is 469 g/mol. The van der Waals surface area contributed by atoms with Crippen molar-refractivity contribution in [1.29, 1.82) is 5.26 Å². The number of nitriles is 1. The number of anilines is 1. The maximum Gasteiger partial charge on any atom is 0.196 e. The lowest BCUT2D eigenvalue weighted by atomic mass is 10.1. The molecule has 0 fully saturated rings. The fourth-order valence-electron chi connectivity index (χ4n) is 3.16. The lowest BCUT2D eigenvalue weighted by molar-refractivity contribution is 0.0983. The number of Topliss-reactive ketones (excluding diaryl/α,β-unsaturated/α-hetero) is 1. The van der Waals surface area contributed by atoms with Crippen LogP contribution in [0.25, 0.3) is 20.8 Å². The van der Waals surface area contributed by atoms with Gasteiger partial charge in [0.25, 0.3) is 0 Å². The maximum absolute atomic E-state index is 13.1. The summed E-state index contributed by atoms with van der Waals surface area (Å²) in [6, 6.07) is 11.5. The summed E-state index contributed by atoms with van der Waals surface area (Å²) in [4.78, 5) is 25.9. The zero-order chi connectivity index (χ0) is 22.0. The van der Waals surface area contributed by atoms with Gasteiger partial charge in [0.05, 0.1) is 28.5 Å². The lowest BCUT2D eigenvalue weighted by Gasteiger charge is -2.16. The highest BCUT2D eigenvalue weighted by atomic mass is 32.1. The number of thiazole rings is 2. The summed E-state index contributed by atoms with van der Waals surface area (Å²) in [5.74, 6) is -0.385. The number of benzene rings is 1. The number of thiophene rings is 1. The Morgan fingerprint density at radius 1 is 1.19 bits per heavy atom. The number of hydrogen-bond donors (Lipinski definition) is 0. The van der Waals surface area contributed by atoms with Crippen LogP contribution in [0.15, 0.2) is 35.7 Å². The molecule has 6 nitrogen and oxygen atoms in total. The topological polar surface area (TPSA) is 79.1 Å². The second-order valence-electron chi connectivity index (χ2n) is 6.67. The molecular weight excluding hydrogens is 448 g/mol. The minimum Gasteiger partial charge on any atom is -0.497 e. The van der Waals surface area contributed by atoms with Crippen LogP contribution >= 0.6 is 34.0 Å². The molecule has 0 aliphatic heterocycles.